The number of thioether (sulfide) groups is 1. The molecule has 0 radical (unpaired) electrons. The highest BCUT2D eigenvalue weighted by molar-refractivity contribution is 7.99. The second-order valence-electron chi connectivity index (χ2n) is 7.66. The van der Waals surface area contributed by atoms with Crippen LogP contribution >= 0.6 is 23.1 Å². The second kappa shape index (κ2) is 9.47. The van der Waals surface area contributed by atoms with Crippen molar-refractivity contribution in [3.05, 3.63) is 44.8 Å². The van der Waals surface area contributed by atoms with Crippen LogP contribution in [0.25, 0.3) is 21.6 Å². The summed E-state index contributed by atoms with van der Waals surface area (Å²) in [6.45, 7) is 0. The number of H-pyrrole nitrogens is 2. The van der Waals surface area contributed by atoms with Gasteiger partial charge in [0, 0.05) is 10.9 Å². The van der Waals surface area contributed by atoms with E-state index in [2.05, 4.69) is 30.5 Å². The summed E-state index contributed by atoms with van der Waals surface area (Å²) in [6.07, 6.45) is 3.07. The van der Waals surface area contributed by atoms with Gasteiger partial charge in [-0.25, -0.2) is 4.98 Å². The standard InChI is InChI=1S/C22H22N6O4S2/c1-31-11-6-7-12(14(8-11)32-2)19-26-22(28-27-19)25-17(29)10-33-9-16-23-20(30)18-13-4-3-5-15(13)34-21(18)24-16/h6-8H,3-5,9-10H2,1-2H3,(H,23,24,30)(H2,25,26,27,28,29). The van der Waals surface area contributed by atoms with Crippen molar-refractivity contribution in [3.63, 3.8) is 0 Å². The van der Waals surface area contributed by atoms with Gasteiger partial charge in [-0.15, -0.1) is 28.2 Å². The summed E-state index contributed by atoms with van der Waals surface area (Å²) >= 11 is 2.96. The first-order valence-electron chi connectivity index (χ1n) is 10.6. The van der Waals surface area contributed by atoms with Crippen molar-refractivity contribution >= 4 is 45.2 Å². The molecule has 0 saturated heterocycles. The van der Waals surface area contributed by atoms with Crippen molar-refractivity contribution in [2.75, 3.05) is 25.3 Å². The molecular formula is C22H22N6O4S2. The number of aromatic amines is 2. The summed E-state index contributed by atoms with van der Waals surface area (Å²) in [4.78, 5) is 38.8. The maximum absolute atomic E-state index is 12.5. The molecule has 1 aliphatic carbocycles. The Bertz CT molecular complexity index is 1430. The zero-order valence-electron chi connectivity index (χ0n) is 18.6. The number of amides is 1. The number of benzene rings is 1. The van der Waals surface area contributed by atoms with Crippen LogP contribution in [0.15, 0.2) is 23.0 Å². The third-order valence-corrected chi connectivity index (χ3v) is 7.63. The molecule has 0 spiro atoms. The maximum Gasteiger partial charge on any atom is 0.259 e. The molecule has 176 valence electrons. The molecule has 0 saturated carbocycles. The van der Waals surface area contributed by atoms with E-state index in [9.17, 15) is 9.59 Å². The molecule has 12 heteroatoms. The van der Waals surface area contributed by atoms with E-state index in [4.69, 9.17) is 9.47 Å². The van der Waals surface area contributed by atoms with Gasteiger partial charge < -0.3 is 14.5 Å². The molecule has 0 aliphatic heterocycles. The van der Waals surface area contributed by atoms with Gasteiger partial charge in [0.15, 0.2) is 5.82 Å². The van der Waals surface area contributed by atoms with Crippen LogP contribution in [0.3, 0.4) is 0 Å². The van der Waals surface area contributed by atoms with Gasteiger partial charge in [-0.3, -0.25) is 20.0 Å². The Hall–Kier alpha value is -3.38. The first-order chi connectivity index (χ1) is 16.6. The maximum atomic E-state index is 12.5. The van der Waals surface area contributed by atoms with Crippen LogP contribution in [0, 0.1) is 0 Å². The summed E-state index contributed by atoms with van der Waals surface area (Å²) in [5.74, 6) is 2.75. The Morgan fingerprint density at radius 2 is 2.12 bits per heavy atom. The fourth-order valence-electron chi connectivity index (χ4n) is 3.95. The molecule has 5 rings (SSSR count). The third kappa shape index (κ3) is 4.38. The summed E-state index contributed by atoms with van der Waals surface area (Å²) in [7, 11) is 3.13. The first-order valence-corrected chi connectivity index (χ1v) is 12.6. The van der Waals surface area contributed by atoms with Gasteiger partial charge in [-0.05, 0) is 37.0 Å². The fraction of sp³-hybridized carbons (Fsp3) is 0.318. The zero-order chi connectivity index (χ0) is 23.7. The predicted molar refractivity (Wildman–Crippen MR) is 132 cm³/mol. The molecule has 1 aromatic carbocycles. The first kappa shape index (κ1) is 22.4. The van der Waals surface area contributed by atoms with Gasteiger partial charge in [0.1, 0.15) is 22.2 Å². The Morgan fingerprint density at radius 3 is 2.94 bits per heavy atom. The van der Waals surface area contributed by atoms with E-state index in [1.54, 1.807) is 43.8 Å². The van der Waals surface area contributed by atoms with Gasteiger partial charge in [0.25, 0.3) is 5.56 Å². The van der Waals surface area contributed by atoms with E-state index >= 15 is 0 Å². The van der Waals surface area contributed by atoms with Gasteiger partial charge >= 0.3 is 0 Å². The van der Waals surface area contributed by atoms with E-state index < -0.39 is 0 Å². The molecule has 0 unspecified atom stereocenters. The third-order valence-electron chi connectivity index (χ3n) is 5.50. The summed E-state index contributed by atoms with van der Waals surface area (Å²) in [6, 6.07) is 5.33. The lowest BCUT2D eigenvalue weighted by atomic mass is 10.2. The number of thiophene rings is 1. The number of anilines is 1. The average molecular weight is 499 g/mol. The van der Waals surface area contributed by atoms with Crippen molar-refractivity contribution in [1.82, 2.24) is 25.1 Å². The van der Waals surface area contributed by atoms with Crippen molar-refractivity contribution in [2.24, 2.45) is 0 Å². The highest BCUT2D eigenvalue weighted by atomic mass is 32.2. The van der Waals surface area contributed by atoms with Crippen molar-refractivity contribution in [2.45, 2.75) is 25.0 Å². The topological polar surface area (TPSA) is 135 Å². The zero-order valence-corrected chi connectivity index (χ0v) is 20.2. The number of hydrogen-bond donors (Lipinski definition) is 3. The molecule has 0 atom stereocenters. The molecule has 3 aromatic heterocycles. The quantitative estimate of drug-likeness (QED) is 0.337. The normalized spacial score (nSPS) is 12.6. The molecule has 1 aliphatic rings. The molecule has 3 N–H and O–H groups in total. The van der Waals surface area contributed by atoms with E-state index in [0.717, 1.165) is 35.0 Å². The highest BCUT2D eigenvalue weighted by Crippen LogP contribution is 2.35. The van der Waals surface area contributed by atoms with Crippen LogP contribution in [0.1, 0.15) is 22.7 Å². The lowest BCUT2D eigenvalue weighted by Crippen LogP contribution is -2.16. The largest absolute Gasteiger partial charge is 0.497 e. The average Bonchev–Trinajstić information content (AvgIpc) is 3.55. The van der Waals surface area contributed by atoms with Crippen molar-refractivity contribution < 1.29 is 14.3 Å². The summed E-state index contributed by atoms with van der Waals surface area (Å²) in [5.41, 5.74) is 1.76. The number of aryl methyl sites for hydroxylation is 2. The Kier molecular flexibility index (Phi) is 6.24. The van der Waals surface area contributed by atoms with E-state index in [1.807, 2.05) is 0 Å². The SMILES string of the molecule is COc1ccc(-c2nc(NC(=O)CSCc3nc4sc5c(c4c(=O)[nH]3)CCC5)n[nH]2)c(OC)c1. The predicted octanol–water partition coefficient (Wildman–Crippen LogP) is 3.15. The van der Waals surface area contributed by atoms with Crippen LogP contribution in [-0.2, 0) is 23.4 Å². The number of ether oxygens (including phenoxy) is 2. The van der Waals surface area contributed by atoms with Gasteiger partial charge in [0.2, 0.25) is 11.9 Å². The molecule has 3 heterocycles. The number of aromatic nitrogens is 5. The van der Waals surface area contributed by atoms with Crippen LogP contribution in [0.4, 0.5) is 5.95 Å². The summed E-state index contributed by atoms with van der Waals surface area (Å²) < 4.78 is 10.6. The van der Waals surface area contributed by atoms with E-state index in [-0.39, 0.29) is 23.2 Å². The molecule has 10 nitrogen and oxygen atoms in total. The minimum atomic E-state index is -0.254. The number of fused-ring (bicyclic) bond motifs is 3. The van der Waals surface area contributed by atoms with Crippen LogP contribution in [0.2, 0.25) is 0 Å². The van der Waals surface area contributed by atoms with Crippen LogP contribution in [-0.4, -0.2) is 51.0 Å². The number of methoxy groups -OCH3 is 2. The second-order valence-corrected chi connectivity index (χ2v) is 9.73. The lowest BCUT2D eigenvalue weighted by Gasteiger charge is -2.07. The molecule has 0 fully saturated rings. The molecule has 1 amide bonds. The molecule has 4 aromatic rings. The van der Waals surface area contributed by atoms with E-state index in [0.29, 0.717) is 34.5 Å². The number of nitrogens with one attached hydrogen (secondary N) is 3. The van der Waals surface area contributed by atoms with Gasteiger partial charge in [0.05, 0.1) is 36.7 Å². The highest BCUT2D eigenvalue weighted by Gasteiger charge is 2.21. The van der Waals surface area contributed by atoms with Crippen molar-refractivity contribution in [1.29, 1.82) is 0 Å². The minimum Gasteiger partial charge on any atom is -0.497 e. The van der Waals surface area contributed by atoms with Gasteiger partial charge in [-0.1, -0.05) is 0 Å². The number of nitrogens with zero attached hydrogens (tertiary/aromatic N) is 3. The molecule has 0 bridgehead atoms. The van der Waals surface area contributed by atoms with Gasteiger partial charge in [-0.2, -0.15) is 4.98 Å². The minimum absolute atomic E-state index is 0.0911. The smallest absolute Gasteiger partial charge is 0.259 e. The Balaban J connectivity index is 1.19. The Morgan fingerprint density at radius 1 is 1.24 bits per heavy atom. The van der Waals surface area contributed by atoms with E-state index in [1.165, 1.54) is 16.6 Å². The molecular weight excluding hydrogens is 476 g/mol. The van der Waals surface area contributed by atoms with Crippen LogP contribution < -0.4 is 20.3 Å². The van der Waals surface area contributed by atoms with Crippen molar-refractivity contribution in [3.8, 4) is 22.9 Å². The number of carbonyl (C=O) groups is 1. The number of hydrogen-bond acceptors (Lipinski definition) is 9. The lowest BCUT2D eigenvalue weighted by molar-refractivity contribution is -0.113. The molecule has 34 heavy (non-hydrogen) atoms. The van der Waals surface area contributed by atoms with Crippen LogP contribution in [0.5, 0.6) is 11.5 Å². The summed E-state index contributed by atoms with van der Waals surface area (Å²) in [5, 5.41) is 10.3. The monoisotopic (exact) mass is 498 g/mol. The number of carbonyl (C=O) groups excluding carboxylic acids is 1. The fourth-order valence-corrected chi connectivity index (χ4v) is 5.92. The number of rotatable bonds is 8. The Labute approximate surface area is 202 Å².